The molecular formula is C24H16Cl2IN3O2S. The van der Waals surface area contributed by atoms with E-state index in [0.29, 0.717) is 31.6 Å². The van der Waals surface area contributed by atoms with Crippen molar-refractivity contribution >= 4 is 74.7 Å². The number of imidazole rings is 1. The van der Waals surface area contributed by atoms with Crippen LogP contribution in [0.2, 0.25) is 10.0 Å². The van der Waals surface area contributed by atoms with Crippen LogP contribution < -0.4 is 9.47 Å². The van der Waals surface area contributed by atoms with Crippen LogP contribution in [0.1, 0.15) is 11.1 Å². The van der Waals surface area contributed by atoms with Gasteiger partial charge in [-0.05, 0) is 82.4 Å². The fourth-order valence-corrected chi connectivity index (χ4v) is 5.07. The van der Waals surface area contributed by atoms with Gasteiger partial charge in [0.1, 0.15) is 12.7 Å². The number of aromatic nitrogens is 2. The fraction of sp³-hybridized carbons (Fsp3) is 0.0833. The molecule has 0 radical (unpaired) electrons. The van der Waals surface area contributed by atoms with Gasteiger partial charge in [0.25, 0.3) is 0 Å². The molecule has 1 heterocycles. The Bertz CT molecular complexity index is 1370. The number of nitriles is 1. The summed E-state index contributed by atoms with van der Waals surface area (Å²) >= 11 is 15.7. The molecule has 4 rings (SSSR count). The zero-order valence-corrected chi connectivity index (χ0v) is 21.7. The standard InChI is InChI=1S/C24H16Cl2IN3O2S/c1-31-22-10-14(8-17(12-28)33-24-29-20-4-2-3-5-21(20)30-24)9-19(27)23(22)32-13-15-6-7-16(25)11-18(15)26/h2-11H,13H2,1H3,(H,29,30)/b17-8+. The molecular weight excluding hydrogens is 592 g/mol. The van der Waals surface area contributed by atoms with Gasteiger partial charge in [0.05, 0.1) is 26.6 Å². The summed E-state index contributed by atoms with van der Waals surface area (Å²) in [6.07, 6.45) is 1.79. The van der Waals surface area contributed by atoms with Gasteiger partial charge in [-0.3, -0.25) is 0 Å². The van der Waals surface area contributed by atoms with Gasteiger partial charge >= 0.3 is 0 Å². The second-order valence-electron chi connectivity index (χ2n) is 6.84. The summed E-state index contributed by atoms with van der Waals surface area (Å²) in [6, 6.07) is 19.0. The second kappa shape index (κ2) is 10.7. The molecule has 0 saturated carbocycles. The van der Waals surface area contributed by atoms with Gasteiger partial charge in [0.2, 0.25) is 0 Å². The number of allylic oxidation sites excluding steroid dienone is 1. The molecule has 1 N–H and O–H groups in total. The number of aromatic amines is 1. The number of thioether (sulfide) groups is 1. The third-order valence-electron chi connectivity index (χ3n) is 4.62. The highest BCUT2D eigenvalue weighted by Crippen LogP contribution is 2.37. The summed E-state index contributed by atoms with van der Waals surface area (Å²) < 4.78 is 12.4. The number of halogens is 3. The number of benzene rings is 3. The van der Waals surface area contributed by atoms with Gasteiger partial charge in [-0.25, -0.2) is 4.98 Å². The molecule has 9 heteroatoms. The SMILES string of the molecule is COc1cc(/C=C(\C#N)Sc2nc3ccccc3[nH]2)cc(I)c1OCc1ccc(Cl)cc1Cl. The Hall–Kier alpha value is -2.38. The lowest BCUT2D eigenvalue weighted by atomic mass is 10.2. The number of hydrogen-bond donors (Lipinski definition) is 1. The number of fused-ring (bicyclic) bond motifs is 1. The van der Waals surface area contributed by atoms with E-state index in [9.17, 15) is 5.26 Å². The van der Waals surface area contributed by atoms with E-state index in [1.165, 1.54) is 11.8 Å². The summed E-state index contributed by atoms with van der Waals surface area (Å²) in [5, 5.41) is 11.4. The molecule has 4 aromatic rings. The maximum Gasteiger partial charge on any atom is 0.174 e. The third-order valence-corrected chi connectivity index (χ3v) is 6.83. The highest BCUT2D eigenvalue weighted by Gasteiger charge is 2.14. The average Bonchev–Trinajstić information content (AvgIpc) is 3.21. The Kier molecular flexibility index (Phi) is 7.71. The minimum absolute atomic E-state index is 0.267. The van der Waals surface area contributed by atoms with Crippen LogP contribution in [-0.4, -0.2) is 17.1 Å². The molecule has 0 amide bonds. The quantitative estimate of drug-likeness (QED) is 0.132. The van der Waals surface area contributed by atoms with E-state index in [1.54, 1.807) is 25.3 Å². The molecule has 0 aliphatic heterocycles. The molecule has 0 spiro atoms. The van der Waals surface area contributed by atoms with Crippen LogP contribution in [0.5, 0.6) is 11.5 Å². The predicted octanol–water partition coefficient (Wildman–Crippen LogP) is 7.72. The van der Waals surface area contributed by atoms with E-state index in [2.05, 4.69) is 38.6 Å². The first-order valence-electron chi connectivity index (χ1n) is 9.65. The minimum Gasteiger partial charge on any atom is -0.493 e. The number of nitrogens with zero attached hydrogens (tertiary/aromatic N) is 2. The lowest BCUT2D eigenvalue weighted by molar-refractivity contribution is 0.282. The lowest BCUT2D eigenvalue weighted by Crippen LogP contribution is -2.01. The van der Waals surface area contributed by atoms with Crippen molar-refractivity contribution in [3.05, 3.63) is 84.2 Å². The first-order chi connectivity index (χ1) is 16.0. The van der Waals surface area contributed by atoms with Gasteiger partial charge in [-0.15, -0.1) is 0 Å². The number of H-pyrrole nitrogens is 1. The maximum absolute atomic E-state index is 9.67. The van der Waals surface area contributed by atoms with E-state index in [-0.39, 0.29) is 6.61 Å². The van der Waals surface area contributed by atoms with Gasteiger partial charge in [0, 0.05) is 15.6 Å². The Morgan fingerprint density at radius 1 is 1.21 bits per heavy atom. The number of para-hydroxylation sites is 2. The van der Waals surface area contributed by atoms with Gasteiger partial charge < -0.3 is 14.5 Å². The summed E-state index contributed by atoms with van der Waals surface area (Å²) in [5.74, 6) is 1.16. The smallest absolute Gasteiger partial charge is 0.174 e. The summed E-state index contributed by atoms with van der Waals surface area (Å²) in [6.45, 7) is 0.267. The van der Waals surface area contributed by atoms with E-state index >= 15 is 0 Å². The molecule has 0 saturated heterocycles. The van der Waals surface area contributed by atoms with Crippen molar-refractivity contribution in [3.63, 3.8) is 0 Å². The summed E-state index contributed by atoms with van der Waals surface area (Å²) in [5.41, 5.74) is 3.41. The molecule has 0 aliphatic rings. The molecule has 0 unspecified atom stereocenters. The Balaban J connectivity index is 1.56. The normalized spacial score (nSPS) is 11.4. The summed E-state index contributed by atoms with van der Waals surface area (Å²) in [7, 11) is 1.58. The van der Waals surface area contributed by atoms with Crippen molar-refractivity contribution in [2.24, 2.45) is 0 Å². The van der Waals surface area contributed by atoms with E-state index < -0.39 is 0 Å². The van der Waals surface area contributed by atoms with Crippen LogP contribution in [-0.2, 0) is 6.61 Å². The number of ether oxygens (including phenoxy) is 2. The molecule has 166 valence electrons. The first-order valence-corrected chi connectivity index (χ1v) is 12.3. The van der Waals surface area contributed by atoms with Crippen LogP contribution in [0.25, 0.3) is 17.1 Å². The Labute approximate surface area is 218 Å². The number of rotatable bonds is 7. The van der Waals surface area contributed by atoms with Crippen LogP contribution in [0.15, 0.2) is 64.7 Å². The lowest BCUT2D eigenvalue weighted by Gasteiger charge is -2.14. The van der Waals surface area contributed by atoms with Crippen molar-refractivity contribution in [3.8, 4) is 17.6 Å². The van der Waals surface area contributed by atoms with Crippen molar-refractivity contribution in [1.82, 2.24) is 9.97 Å². The van der Waals surface area contributed by atoms with Crippen molar-refractivity contribution in [1.29, 1.82) is 5.26 Å². The van der Waals surface area contributed by atoms with Gasteiger partial charge in [0.15, 0.2) is 16.7 Å². The zero-order chi connectivity index (χ0) is 23.4. The van der Waals surface area contributed by atoms with Crippen LogP contribution in [0.4, 0.5) is 0 Å². The highest BCUT2D eigenvalue weighted by atomic mass is 127. The van der Waals surface area contributed by atoms with Crippen LogP contribution in [0.3, 0.4) is 0 Å². The van der Waals surface area contributed by atoms with E-state index in [0.717, 1.165) is 25.7 Å². The number of nitrogens with one attached hydrogen (secondary N) is 1. The average molecular weight is 608 g/mol. The monoisotopic (exact) mass is 607 g/mol. The second-order valence-corrected chi connectivity index (χ2v) is 9.88. The van der Waals surface area contributed by atoms with Crippen molar-refractivity contribution in [2.45, 2.75) is 11.8 Å². The van der Waals surface area contributed by atoms with Gasteiger partial charge in [-0.2, -0.15) is 5.26 Å². The van der Waals surface area contributed by atoms with Crippen molar-refractivity contribution < 1.29 is 9.47 Å². The Morgan fingerprint density at radius 3 is 2.76 bits per heavy atom. The molecule has 33 heavy (non-hydrogen) atoms. The first kappa shape index (κ1) is 23.8. The number of hydrogen-bond acceptors (Lipinski definition) is 5. The molecule has 0 aliphatic carbocycles. The zero-order valence-electron chi connectivity index (χ0n) is 17.2. The summed E-state index contributed by atoms with van der Waals surface area (Å²) in [4.78, 5) is 8.24. The van der Waals surface area contributed by atoms with E-state index in [1.807, 2.05) is 42.5 Å². The topological polar surface area (TPSA) is 70.9 Å². The molecule has 0 atom stereocenters. The molecule has 5 nitrogen and oxygen atoms in total. The third kappa shape index (κ3) is 5.76. The molecule has 3 aromatic carbocycles. The fourth-order valence-electron chi connectivity index (χ4n) is 3.07. The highest BCUT2D eigenvalue weighted by molar-refractivity contribution is 14.1. The van der Waals surface area contributed by atoms with E-state index in [4.69, 9.17) is 32.7 Å². The predicted molar refractivity (Wildman–Crippen MR) is 142 cm³/mol. The molecule has 0 fully saturated rings. The van der Waals surface area contributed by atoms with Crippen LogP contribution in [0, 0.1) is 14.9 Å². The van der Waals surface area contributed by atoms with Crippen LogP contribution >= 0.6 is 57.6 Å². The maximum atomic E-state index is 9.67. The number of methoxy groups -OCH3 is 1. The Morgan fingerprint density at radius 2 is 2.03 bits per heavy atom. The molecule has 0 bridgehead atoms. The largest absolute Gasteiger partial charge is 0.493 e. The van der Waals surface area contributed by atoms with Crippen molar-refractivity contribution in [2.75, 3.05) is 7.11 Å². The van der Waals surface area contributed by atoms with Gasteiger partial charge in [-0.1, -0.05) is 41.4 Å². The minimum atomic E-state index is 0.267. The molecule has 1 aromatic heterocycles.